The summed E-state index contributed by atoms with van der Waals surface area (Å²) in [5.41, 5.74) is 4.14. The monoisotopic (exact) mass is 392 g/mol. The van der Waals surface area contributed by atoms with Crippen molar-refractivity contribution in [3.63, 3.8) is 0 Å². The van der Waals surface area contributed by atoms with E-state index in [-0.39, 0.29) is 5.91 Å². The molecule has 28 heavy (non-hydrogen) atoms. The van der Waals surface area contributed by atoms with Crippen molar-refractivity contribution >= 4 is 28.1 Å². The Morgan fingerprint density at radius 1 is 1.04 bits per heavy atom. The maximum atomic E-state index is 12.6. The lowest BCUT2D eigenvalue weighted by Crippen LogP contribution is -2.48. The number of thiazole rings is 1. The van der Waals surface area contributed by atoms with Gasteiger partial charge in [0.25, 0.3) is 5.91 Å². The van der Waals surface area contributed by atoms with Gasteiger partial charge in [-0.1, -0.05) is 35.9 Å². The molecule has 2 heterocycles. The summed E-state index contributed by atoms with van der Waals surface area (Å²) in [6, 6.07) is 17.8. The lowest BCUT2D eigenvalue weighted by atomic mass is 10.2. The quantitative estimate of drug-likeness (QED) is 0.709. The molecule has 2 aromatic carbocycles. The number of hydrogen-bond donors (Lipinski definition) is 1. The summed E-state index contributed by atoms with van der Waals surface area (Å²) in [6.07, 6.45) is 0. The van der Waals surface area contributed by atoms with Gasteiger partial charge in [0.2, 0.25) is 0 Å². The van der Waals surface area contributed by atoms with Gasteiger partial charge in [-0.2, -0.15) is 0 Å². The molecule has 0 spiro atoms. The Morgan fingerprint density at radius 3 is 2.46 bits per heavy atom. The molecule has 1 amide bonds. The zero-order valence-electron chi connectivity index (χ0n) is 16.0. The molecule has 0 atom stereocenters. The van der Waals surface area contributed by atoms with Crippen molar-refractivity contribution in [1.82, 2.24) is 14.8 Å². The summed E-state index contributed by atoms with van der Waals surface area (Å²) < 4.78 is 0. The molecule has 1 aliphatic rings. The van der Waals surface area contributed by atoms with E-state index in [0.29, 0.717) is 0 Å². The number of carbonyl (C=O) groups is 1. The molecular weight excluding hydrogens is 368 g/mol. The van der Waals surface area contributed by atoms with E-state index in [0.717, 1.165) is 54.8 Å². The summed E-state index contributed by atoms with van der Waals surface area (Å²) >= 11 is 1.63. The SMILES string of the molecule is Cc1ccc(Nc2nc(CN3CCN(C(=O)c4ccccc4)CC3)cs2)cc1. The van der Waals surface area contributed by atoms with Crippen LogP contribution in [0, 0.1) is 6.92 Å². The molecule has 1 aromatic heterocycles. The van der Waals surface area contributed by atoms with Crippen molar-refractivity contribution in [2.75, 3.05) is 31.5 Å². The Kier molecular flexibility index (Phi) is 5.69. The minimum Gasteiger partial charge on any atom is -0.336 e. The first-order valence-corrected chi connectivity index (χ1v) is 10.4. The largest absolute Gasteiger partial charge is 0.336 e. The summed E-state index contributed by atoms with van der Waals surface area (Å²) in [5.74, 6) is 0.124. The van der Waals surface area contributed by atoms with E-state index in [1.165, 1.54) is 5.56 Å². The first-order valence-electron chi connectivity index (χ1n) is 9.52. The second kappa shape index (κ2) is 8.54. The van der Waals surface area contributed by atoms with Gasteiger partial charge < -0.3 is 10.2 Å². The van der Waals surface area contributed by atoms with Crippen LogP contribution in [0.3, 0.4) is 0 Å². The Morgan fingerprint density at radius 2 is 1.75 bits per heavy atom. The average molecular weight is 393 g/mol. The zero-order chi connectivity index (χ0) is 19.3. The molecule has 4 rings (SSSR count). The number of hydrogen-bond acceptors (Lipinski definition) is 5. The summed E-state index contributed by atoms with van der Waals surface area (Å²) in [7, 11) is 0. The Labute approximate surface area is 169 Å². The Balaban J connectivity index is 1.29. The fourth-order valence-corrected chi connectivity index (χ4v) is 4.02. The average Bonchev–Trinajstić information content (AvgIpc) is 3.17. The van der Waals surface area contributed by atoms with Crippen LogP contribution in [0.15, 0.2) is 60.0 Å². The van der Waals surface area contributed by atoms with Crippen molar-refractivity contribution < 1.29 is 4.79 Å². The second-order valence-corrected chi connectivity index (χ2v) is 7.93. The first-order chi connectivity index (χ1) is 13.7. The zero-order valence-corrected chi connectivity index (χ0v) is 16.8. The summed E-state index contributed by atoms with van der Waals surface area (Å²) in [6.45, 7) is 6.16. The molecule has 0 radical (unpaired) electrons. The highest BCUT2D eigenvalue weighted by Crippen LogP contribution is 2.22. The number of aromatic nitrogens is 1. The van der Waals surface area contributed by atoms with Gasteiger partial charge >= 0.3 is 0 Å². The van der Waals surface area contributed by atoms with Gasteiger partial charge in [0.1, 0.15) is 0 Å². The molecule has 6 heteroatoms. The van der Waals surface area contributed by atoms with Gasteiger partial charge in [0.05, 0.1) is 5.69 Å². The molecule has 1 fully saturated rings. The number of carbonyl (C=O) groups excluding carboxylic acids is 1. The molecule has 1 saturated heterocycles. The molecular formula is C22H24N4OS. The second-order valence-electron chi connectivity index (χ2n) is 7.07. The van der Waals surface area contributed by atoms with Crippen LogP contribution in [0.2, 0.25) is 0 Å². The number of rotatable bonds is 5. The van der Waals surface area contributed by atoms with E-state index in [2.05, 4.69) is 46.8 Å². The topological polar surface area (TPSA) is 48.5 Å². The standard InChI is InChI=1S/C22H24N4OS/c1-17-7-9-19(10-8-17)23-22-24-20(16-28-22)15-25-11-13-26(14-12-25)21(27)18-5-3-2-4-6-18/h2-10,16H,11-15H2,1H3,(H,23,24). The maximum absolute atomic E-state index is 12.6. The lowest BCUT2D eigenvalue weighted by Gasteiger charge is -2.34. The van der Waals surface area contributed by atoms with Crippen molar-refractivity contribution in [2.24, 2.45) is 0 Å². The highest BCUT2D eigenvalue weighted by Gasteiger charge is 2.22. The van der Waals surface area contributed by atoms with E-state index < -0.39 is 0 Å². The van der Waals surface area contributed by atoms with Gasteiger partial charge in [-0.25, -0.2) is 4.98 Å². The highest BCUT2D eigenvalue weighted by molar-refractivity contribution is 7.13. The normalized spacial score (nSPS) is 14.8. The van der Waals surface area contributed by atoms with Crippen molar-refractivity contribution in [1.29, 1.82) is 0 Å². The molecule has 0 bridgehead atoms. The van der Waals surface area contributed by atoms with Crippen LogP contribution in [-0.4, -0.2) is 46.9 Å². The third-order valence-corrected chi connectivity index (χ3v) is 5.73. The number of amides is 1. The van der Waals surface area contributed by atoms with Gasteiger partial charge in [-0.3, -0.25) is 9.69 Å². The van der Waals surface area contributed by atoms with Crippen LogP contribution in [0.1, 0.15) is 21.6 Å². The van der Waals surface area contributed by atoms with E-state index in [4.69, 9.17) is 4.98 Å². The van der Waals surface area contributed by atoms with Crippen LogP contribution >= 0.6 is 11.3 Å². The molecule has 0 saturated carbocycles. The van der Waals surface area contributed by atoms with Gasteiger partial charge in [-0.05, 0) is 31.2 Å². The number of anilines is 2. The third-order valence-electron chi connectivity index (χ3n) is 4.92. The molecule has 1 aliphatic heterocycles. The molecule has 3 aromatic rings. The van der Waals surface area contributed by atoms with E-state index in [1.807, 2.05) is 35.2 Å². The molecule has 144 valence electrons. The summed E-state index contributed by atoms with van der Waals surface area (Å²) in [4.78, 5) is 21.6. The van der Waals surface area contributed by atoms with Gasteiger partial charge in [0, 0.05) is 49.4 Å². The van der Waals surface area contributed by atoms with Crippen LogP contribution in [0.4, 0.5) is 10.8 Å². The predicted molar refractivity (Wildman–Crippen MR) is 114 cm³/mol. The molecule has 0 aliphatic carbocycles. The lowest BCUT2D eigenvalue weighted by molar-refractivity contribution is 0.0627. The van der Waals surface area contributed by atoms with Crippen LogP contribution in [-0.2, 0) is 6.54 Å². The fraction of sp³-hybridized carbons (Fsp3) is 0.273. The van der Waals surface area contributed by atoms with E-state index >= 15 is 0 Å². The van der Waals surface area contributed by atoms with Crippen molar-refractivity contribution in [3.05, 3.63) is 76.8 Å². The fourth-order valence-electron chi connectivity index (χ4n) is 3.30. The summed E-state index contributed by atoms with van der Waals surface area (Å²) in [5, 5.41) is 6.39. The Bertz CT molecular complexity index is 915. The minimum absolute atomic E-state index is 0.124. The number of nitrogens with one attached hydrogen (secondary N) is 1. The van der Waals surface area contributed by atoms with Crippen LogP contribution in [0.5, 0.6) is 0 Å². The number of aryl methyl sites for hydroxylation is 1. The van der Waals surface area contributed by atoms with Crippen LogP contribution < -0.4 is 5.32 Å². The molecule has 0 unspecified atom stereocenters. The Hall–Kier alpha value is -2.70. The predicted octanol–water partition coefficient (Wildman–Crippen LogP) is 4.15. The van der Waals surface area contributed by atoms with E-state index in [9.17, 15) is 4.79 Å². The molecule has 5 nitrogen and oxygen atoms in total. The first kappa shape index (κ1) is 18.7. The number of piperazine rings is 1. The number of benzene rings is 2. The van der Waals surface area contributed by atoms with E-state index in [1.54, 1.807) is 11.3 Å². The maximum Gasteiger partial charge on any atom is 0.253 e. The third kappa shape index (κ3) is 4.58. The van der Waals surface area contributed by atoms with Gasteiger partial charge in [-0.15, -0.1) is 11.3 Å². The smallest absolute Gasteiger partial charge is 0.253 e. The molecule has 1 N–H and O–H groups in total. The van der Waals surface area contributed by atoms with Crippen molar-refractivity contribution in [2.45, 2.75) is 13.5 Å². The van der Waals surface area contributed by atoms with Crippen molar-refractivity contribution in [3.8, 4) is 0 Å². The van der Waals surface area contributed by atoms with Gasteiger partial charge in [0.15, 0.2) is 5.13 Å². The highest BCUT2D eigenvalue weighted by atomic mass is 32.1. The minimum atomic E-state index is 0.124. The van der Waals surface area contributed by atoms with Crippen LogP contribution in [0.25, 0.3) is 0 Å². The number of nitrogens with zero attached hydrogens (tertiary/aromatic N) is 3.